The van der Waals surface area contributed by atoms with Crippen molar-refractivity contribution in [1.29, 1.82) is 0 Å². The lowest BCUT2D eigenvalue weighted by atomic mass is 9.98. The molecule has 0 fully saturated rings. The van der Waals surface area contributed by atoms with Gasteiger partial charge in [0.05, 0.1) is 0 Å². The molecule has 2 rings (SSSR count). The average Bonchev–Trinajstić information content (AvgIpc) is 2.96. The fraction of sp³-hybridized carbons (Fsp3) is 0.480. The Kier molecular flexibility index (Phi) is 8.25. The van der Waals surface area contributed by atoms with E-state index in [0.29, 0.717) is 0 Å². The van der Waals surface area contributed by atoms with E-state index in [1.54, 1.807) is 20.8 Å². The molecule has 0 spiro atoms. The van der Waals surface area contributed by atoms with Crippen molar-refractivity contribution in [3.05, 3.63) is 53.1 Å². The highest BCUT2D eigenvalue weighted by Gasteiger charge is 2.34. The van der Waals surface area contributed by atoms with Crippen LogP contribution in [0.3, 0.4) is 0 Å². The van der Waals surface area contributed by atoms with E-state index in [2.05, 4.69) is 0 Å². The molecule has 0 aromatic heterocycles. The van der Waals surface area contributed by atoms with Gasteiger partial charge in [-0.05, 0) is 57.7 Å². The molecule has 1 aliphatic rings. The first-order chi connectivity index (χ1) is 15.0. The van der Waals surface area contributed by atoms with E-state index in [9.17, 15) is 14.4 Å². The fourth-order valence-electron chi connectivity index (χ4n) is 3.77. The van der Waals surface area contributed by atoms with Gasteiger partial charge in [0.2, 0.25) is 0 Å². The van der Waals surface area contributed by atoms with Gasteiger partial charge in [0.15, 0.2) is 0 Å². The zero-order valence-electron chi connectivity index (χ0n) is 19.7. The SMILES string of the molecule is C/C=C\C1=C(C)C(COC(=O)N(C)C(CCC(=O)O)C(=O)OC(C)(C)C)c2ccccc21. The predicted molar refractivity (Wildman–Crippen MR) is 122 cm³/mol. The van der Waals surface area contributed by atoms with E-state index in [1.807, 2.05) is 50.3 Å². The summed E-state index contributed by atoms with van der Waals surface area (Å²) in [5.41, 5.74) is 3.66. The lowest BCUT2D eigenvalue weighted by molar-refractivity contribution is -0.160. The molecule has 2 unspecified atom stereocenters. The third-order valence-electron chi connectivity index (χ3n) is 5.35. The monoisotopic (exact) mass is 443 g/mol. The number of likely N-dealkylation sites (N-methyl/N-ethyl adjacent to an activating group) is 1. The maximum Gasteiger partial charge on any atom is 0.410 e. The van der Waals surface area contributed by atoms with Crippen LogP contribution in [0.1, 0.15) is 64.5 Å². The number of carbonyl (C=O) groups excluding carboxylic acids is 2. The average molecular weight is 444 g/mol. The van der Waals surface area contributed by atoms with Crippen LogP contribution in [0.4, 0.5) is 4.79 Å². The highest BCUT2D eigenvalue weighted by atomic mass is 16.6. The van der Waals surface area contributed by atoms with Crippen LogP contribution in [0.25, 0.3) is 5.57 Å². The Hall–Kier alpha value is -3.09. The van der Waals surface area contributed by atoms with Crippen LogP contribution in [0.5, 0.6) is 0 Å². The first-order valence-electron chi connectivity index (χ1n) is 10.7. The van der Waals surface area contributed by atoms with Crippen molar-refractivity contribution < 1.29 is 29.0 Å². The van der Waals surface area contributed by atoms with Crippen LogP contribution in [0.2, 0.25) is 0 Å². The molecule has 1 aromatic carbocycles. The van der Waals surface area contributed by atoms with Gasteiger partial charge in [-0.1, -0.05) is 42.0 Å². The quantitative estimate of drug-likeness (QED) is 0.582. The van der Waals surface area contributed by atoms with Crippen LogP contribution in [0, 0.1) is 0 Å². The highest BCUT2D eigenvalue weighted by molar-refractivity contribution is 5.85. The number of nitrogens with zero attached hydrogens (tertiary/aromatic N) is 1. The van der Waals surface area contributed by atoms with Crippen LogP contribution in [0.15, 0.2) is 42.0 Å². The maximum atomic E-state index is 12.8. The molecular weight excluding hydrogens is 410 g/mol. The normalized spacial score (nSPS) is 16.6. The minimum atomic E-state index is -1.06. The molecule has 0 radical (unpaired) electrons. The lowest BCUT2D eigenvalue weighted by Crippen LogP contribution is -2.46. The summed E-state index contributed by atoms with van der Waals surface area (Å²) >= 11 is 0. The van der Waals surface area contributed by atoms with Crippen molar-refractivity contribution in [2.75, 3.05) is 13.7 Å². The van der Waals surface area contributed by atoms with Crippen molar-refractivity contribution in [1.82, 2.24) is 4.90 Å². The third-order valence-corrected chi connectivity index (χ3v) is 5.35. The molecule has 0 saturated heterocycles. The molecule has 7 nitrogen and oxygen atoms in total. The van der Waals surface area contributed by atoms with Gasteiger partial charge in [-0.3, -0.25) is 9.69 Å². The zero-order valence-corrected chi connectivity index (χ0v) is 19.7. The standard InChI is InChI=1S/C25H33NO6/c1-7-10-17-16(2)20(19-12-9-8-11-18(17)19)15-31-24(30)26(6)21(13-14-22(27)28)23(29)32-25(3,4)5/h7-12,20-21H,13-15H2,1-6H3,(H,27,28)/b10-7-. The fourth-order valence-corrected chi connectivity index (χ4v) is 3.77. The number of aliphatic carboxylic acids is 1. The molecule has 174 valence electrons. The highest BCUT2D eigenvalue weighted by Crippen LogP contribution is 2.42. The van der Waals surface area contributed by atoms with Crippen LogP contribution >= 0.6 is 0 Å². The van der Waals surface area contributed by atoms with Crippen LogP contribution in [-0.2, 0) is 19.1 Å². The molecule has 7 heteroatoms. The van der Waals surface area contributed by atoms with Gasteiger partial charge in [0.1, 0.15) is 18.2 Å². The smallest absolute Gasteiger partial charge is 0.410 e. The Morgan fingerprint density at radius 2 is 1.88 bits per heavy atom. The molecule has 0 saturated carbocycles. The molecule has 32 heavy (non-hydrogen) atoms. The van der Waals surface area contributed by atoms with Crippen molar-refractivity contribution >= 4 is 23.6 Å². The van der Waals surface area contributed by atoms with Crippen LogP contribution < -0.4 is 0 Å². The minimum absolute atomic E-state index is 0.0630. The second-order valence-corrected chi connectivity index (χ2v) is 8.91. The van der Waals surface area contributed by atoms with E-state index in [4.69, 9.17) is 14.6 Å². The predicted octanol–water partition coefficient (Wildman–Crippen LogP) is 4.78. The molecule has 0 aliphatic heterocycles. The molecule has 1 aliphatic carbocycles. The van der Waals surface area contributed by atoms with E-state index >= 15 is 0 Å². The maximum absolute atomic E-state index is 12.8. The Labute approximate surface area is 189 Å². The van der Waals surface area contributed by atoms with E-state index in [1.165, 1.54) is 7.05 Å². The number of amides is 1. The molecular formula is C25H33NO6. The van der Waals surface area contributed by atoms with Crippen molar-refractivity contribution in [2.24, 2.45) is 0 Å². The molecule has 0 heterocycles. The first-order valence-corrected chi connectivity index (χ1v) is 10.7. The van der Waals surface area contributed by atoms with Gasteiger partial charge >= 0.3 is 18.0 Å². The number of carboxylic acid groups (broad SMARTS) is 1. The Morgan fingerprint density at radius 1 is 1.22 bits per heavy atom. The number of rotatable bonds is 8. The van der Waals surface area contributed by atoms with Crippen LogP contribution in [-0.4, -0.2) is 53.3 Å². The zero-order chi connectivity index (χ0) is 24.1. The summed E-state index contributed by atoms with van der Waals surface area (Å²) < 4.78 is 11.0. The number of esters is 1. The molecule has 0 bridgehead atoms. The Bertz CT molecular complexity index is 925. The first kappa shape index (κ1) is 25.2. The summed E-state index contributed by atoms with van der Waals surface area (Å²) in [6.07, 6.45) is 2.99. The lowest BCUT2D eigenvalue weighted by Gasteiger charge is -2.29. The number of hydrogen-bond donors (Lipinski definition) is 1. The van der Waals surface area contributed by atoms with Gasteiger partial charge < -0.3 is 14.6 Å². The summed E-state index contributed by atoms with van der Waals surface area (Å²) in [4.78, 5) is 37.6. The Balaban J connectivity index is 2.15. The van der Waals surface area contributed by atoms with Gasteiger partial charge in [0, 0.05) is 19.4 Å². The van der Waals surface area contributed by atoms with Crippen molar-refractivity contribution in [3.63, 3.8) is 0 Å². The molecule has 1 amide bonds. The summed E-state index contributed by atoms with van der Waals surface area (Å²) in [6, 6.07) is 6.95. The van der Waals surface area contributed by atoms with Gasteiger partial charge in [-0.15, -0.1) is 0 Å². The number of allylic oxidation sites excluding steroid dienone is 3. The number of fused-ring (bicyclic) bond motifs is 1. The summed E-state index contributed by atoms with van der Waals surface area (Å²) in [6.45, 7) is 9.24. The molecule has 2 atom stereocenters. The van der Waals surface area contributed by atoms with Crippen molar-refractivity contribution in [3.8, 4) is 0 Å². The summed E-state index contributed by atoms with van der Waals surface area (Å²) in [7, 11) is 1.43. The summed E-state index contributed by atoms with van der Waals surface area (Å²) in [5.74, 6) is -1.80. The second-order valence-electron chi connectivity index (χ2n) is 8.91. The van der Waals surface area contributed by atoms with Gasteiger partial charge in [0.25, 0.3) is 0 Å². The number of hydrogen-bond acceptors (Lipinski definition) is 5. The van der Waals surface area contributed by atoms with E-state index in [-0.39, 0.29) is 25.4 Å². The van der Waals surface area contributed by atoms with E-state index in [0.717, 1.165) is 27.2 Å². The number of ether oxygens (including phenoxy) is 2. The Morgan fingerprint density at radius 3 is 2.47 bits per heavy atom. The minimum Gasteiger partial charge on any atom is -0.481 e. The van der Waals surface area contributed by atoms with E-state index < -0.39 is 29.7 Å². The largest absolute Gasteiger partial charge is 0.481 e. The van der Waals surface area contributed by atoms with Crippen molar-refractivity contribution in [2.45, 2.75) is 65.0 Å². The number of carbonyl (C=O) groups is 3. The summed E-state index contributed by atoms with van der Waals surface area (Å²) in [5, 5.41) is 9.04. The molecule has 1 N–H and O–H groups in total. The molecule has 1 aromatic rings. The van der Waals surface area contributed by atoms with Gasteiger partial charge in [-0.25, -0.2) is 9.59 Å². The topological polar surface area (TPSA) is 93.1 Å². The van der Waals surface area contributed by atoms with Gasteiger partial charge in [-0.2, -0.15) is 0 Å². The third kappa shape index (κ3) is 6.22. The second kappa shape index (κ2) is 10.5. The number of benzene rings is 1. The number of carboxylic acids is 1.